The lowest BCUT2D eigenvalue weighted by Crippen LogP contribution is -2.33. The zero-order valence-corrected chi connectivity index (χ0v) is 17.1. The summed E-state index contributed by atoms with van der Waals surface area (Å²) in [4.78, 5) is 12.4. The average molecular weight is 400 g/mol. The number of aromatic nitrogens is 2. The van der Waals surface area contributed by atoms with Crippen molar-refractivity contribution in [2.45, 2.75) is 47.7 Å². The Balaban J connectivity index is 1.86. The van der Waals surface area contributed by atoms with E-state index in [1.54, 1.807) is 23.9 Å². The lowest BCUT2D eigenvalue weighted by atomic mass is 10.1. The van der Waals surface area contributed by atoms with Gasteiger partial charge in [-0.1, -0.05) is 60.8 Å². The highest BCUT2D eigenvalue weighted by atomic mass is 32.2. The monoisotopic (exact) mass is 399 g/mol. The maximum Gasteiger partial charge on any atom is 0.233 e. The van der Waals surface area contributed by atoms with Gasteiger partial charge in [-0.3, -0.25) is 4.79 Å². The van der Waals surface area contributed by atoms with Gasteiger partial charge in [0.2, 0.25) is 5.91 Å². The summed E-state index contributed by atoms with van der Waals surface area (Å²) in [6, 6.07) is 5.98. The molecule has 0 bridgehead atoms. The first kappa shape index (κ1) is 20.2. The lowest BCUT2D eigenvalue weighted by molar-refractivity contribution is -0.120. The highest BCUT2D eigenvalue weighted by Gasteiger charge is 2.19. The molecule has 0 unspecified atom stereocenters. The smallest absolute Gasteiger partial charge is 0.233 e. The van der Waals surface area contributed by atoms with Crippen LogP contribution in [-0.2, 0) is 4.79 Å². The molecule has 8 heteroatoms. The molecule has 0 saturated heterocycles. The molecule has 2 rings (SSSR count). The number of nitrogens with zero attached hydrogens (tertiary/aromatic N) is 2. The maximum absolute atomic E-state index is 13.0. The van der Waals surface area contributed by atoms with Crippen LogP contribution in [0, 0.1) is 11.7 Å². The molecule has 0 fully saturated rings. The molecule has 4 nitrogen and oxygen atoms in total. The van der Waals surface area contributed by atoms with E-state index in [0.717, 1.165) is 20.0 Å². The van der Waals surface area contributed by atoms with Gasteiger partial charge in [-0.25, -0.2) is 4.39 Å². The van der Waals surface area contributed by atoms with Crippen molar-refractivity contribution in [3.63, 3.8) is 0 Å². The molecule has 2 atom stereocenters. The van der Waals surface area contributed by atoms with Crippen molar-refractivity contribution in [3.8, 4) is 0 Å². The Kier molecular flexibility index (Phi) is 7.71. The first-order valence-corrected chi connectivity index (χ1v) is 10.7. The van der Waals surface area contributed by atoms with E-state index in [2.05, 4.69) is 29.4 Å². The molecular formula is C17H22FN3OS3. The van der Waals surface area contributed by atoms with Gasteiger partial charge in [0.25, 0.3) is 0 Å². The summed E-state index contributed by atoms with van der Waals surface area (Å²) < 4.78 is 14.7. The van der Waals surface area contributed by atoms with Crippen LogP contribution in [0.5, 0.6) is 0 Å². The van der Waals surface area contributed by atoms with Gasteiger partial charge in [-0.05, 0) is 37.5 Å². The van der Waals surface area contributed by atoms with Crippen molar-refractivity contribution in [3.05, 3.63) is 35.6 Å². The molecule has 25 heavy (non-hydrogen) atoms. The van der Waals surface area contributed by atoms with Crippen molar-refractivity contribution in [1.82, 2.24) is 15.5 Å². The number of amides is 1. The number of hydrogen-bond donors (Lipinski definition) is 1. The number of rotatable bonds is 8. The zero-order chi connectivity index (χ0) is 18.4. The van der Waals surface area contributed by atoms with Gasteiger partial charge in [0.1, 0.15) is 5.82 Å². The molecule has 2 aromatic rings. The van der Waals surface area contributed by atoms with E-state index in [0.29, 0.717) is 5.92 Å². The molecule has 1 heterocycles. The molecule has 1 aromatic heterocycles. The third kappa shape index (κ3) is 6.60. The number of nitrogens with one attached hydrogen (secondary N) is 1. The number of thioether (sulfide) groups is 2. The number of carbonyl (C=O) groups excluding carboxylic acids is 1. The van der Waals surface area contributed by atoms with Crippen LogP contribution in [0.25, 0.3) is 0 Å². The van der Waals surface area contributed by atoms with E-state index in [1.807, 2.05) is 13.8 Å². The van der Waals surface area contributed by atoms with Crippen LogP contribution >= 0.6 is 34.9 Å². The van der Waals surface area contributed by atoms with E-state index >= 15 is 0 Å². The summed E-state index contributed by atoms with van der Waals surface area (Å²) in [5, 5.41) is 11.0. The summed E-state index contributed by atoms with van der Waals surface area (Å²) in [5.74, 6) is 1.24. The highest BCUT2D eigenvalue weighted by Crippen LogP contribution is 2.32. The number of hydrogen-bond acceptors (Lipinski definition) is 6. The summed E-state index contributed by atoms with van der Waals surface area (Å²) in [5.41, 5.74) is 0.871. The predicted octanol–water partition coefficient (Wildman–Crippen LogP) is 4.78. The number of carbonyl (C=O) groups is 1. The molecule has 1 aromatic carbocycles. The molecule has 0 aliphatic heterocycles. The second-order valence-electron chi connectivity index (χ2n) is 6.08. The molecule has 0 aliphatic rings. The first-order chi connectivity index (χ1) is 11.8. The van der Waals surface area contributed by atoms with Gasteiger partial charge in [-0.2, -0.15) is 0 Å². The van der Waals surface area contributed by atoms with Crippen molar-refractivity contribution in [2.75, 3.05) is 5.75 Å². The van der Waals surface area contributed by atoms with Crippen LogP contribution in [0.3, 0.4) is 0 Å². The Morgan fingerprint density at radius 2 is 1.80 bits per heavy atom. The Morgan fingerprint density at radius 3 is 2.44 bits per heavy atom. The highest BCUT2D eigenvalue weighted by molar-refractivity contribution is 8.03. The Bertz CT molecular complexity index is 691. The summed E-state index contributed by atoms with van der Waals surface area (Å²) >= 11 is 4.62. The second kappa shape index (κ2) is 9.54. The molecule has 136 valence electrons. The van der Waals surface area contributed by atoms with E-state index in [1.165, 1.54) is 35.2 Å². The van der Waals surface area contributed by atoms with Crippen LogP contribution in [-0.4, -0.2) is 27.1 Å². The number of halogens is 1. The van der Waals surface area contributed by atoms with E-state index < -0.39 is 0 Å². The first-order valence-electron chi connectivity index (χ1n) is 8.04. The fourth-order valence-corrected chi connectivity index (χ4v) is 5.06. The SMILES string of the molecule is CC(C)CSc1nnc(S[C@H](C)C(=O)N[C@H](C)c2ccc(F)cc2)s1. The molecule has 0 aliphatic carbocycles. The van der Waals surface area contributed by atoms with Gasteiger partial charge in [0, 0.05) is 5.75 Å². The minimum atomic E-state index is -0.284. The maximum atomic E-state index is 13.0. The largest absolute Gasteiger partial charge is 0.349 e. The second-order valence-corrected chi connectivity index (χ2v) is 9.91. The lowest BCUT2D eigenvalue weighted by Gasteiger charge is -2.17. The van der Waals surface area contributed by atoms with Crippen LogP contribution in [0.4, 0.5) is 4.39 Å². The molecule has 1 N–H and O–H groups in total. The Hall–Kier alpha value is -1.12. The van der Waals surface area contributed by atoms with E-state index in [4.69, 9.17) is 0 Å². The van der Waals surface area contributed by atoms with Gasteiger partial charge in [0.05, 0.1) is 11.3 Å². The molecule has 0 spiro atoms. The summed E-state index contributed by atoms with van der Waals surface area (Å²) in [6.07, 6.45) is 0. The minimum Gasteiger partial charge on any atom is -0.349 e. The van der Waals surface area contributed by atoms with Crippen LogP contribution in [0.2, 0.25) is 0 Å². The molecule has 0 saturated carbocycles. The van der Waals surface area contributed by atoms with Gasteiger partial charge >= 0.3 is 0 Å². The van der Waals surface area contributed by atoms with Gasteiger partial charge in [0.15, 0.2) is 8.68 Å². The fourth-order valence-electron chi connectivity index (χ4n) is 1.91. The predicted molar refractivity (Wildman–Crippen MR) is 104 cm³/mol. The fraction of sp³-hybridized carbons (Fsp3) is 0.471. The minimum absolute atomic E-state index is 0.0755. The normalized spacial score (nSPS) is 13.7. The quantitative estimate of drug-likeness (QED) is 0.647. The van der Waals surface area contributed by atoms with Crippen molar-refractivity contribution >= 4 is 40.8 Å². The van der Waals surface area contributed by atoms with Gasteiger partial charge in [-0.15, -0.1) is 10.2 Å². The van der Waals surface area contributed by atoms with Gasteiger partial charge < -0.3 is 5.32 Å². The molecule has 0 radical (unpaired) electrons. The van der Waals surface area contributed by atoms with Crippen molar-refractivity contribution < 1.29 is 9.18 Å². The van der Waals surface area contributed by atoms with Crippen molar-refractivity contribution in [2.24, 2.45) is 5.92 Å². The zero-order valence-electron chi connectivity index (χ0n) is 14.7. The third-order valence-corrected chi connectivity index (χ3v) is 6.97. The van der Waals surface area contributed by atoms with E-state index in [-0.39, 0.29) is 23.0 Å². The van der Waals surface area contributed by atoms with E-state index in [9.17, 15) is 9.18 Å². The summed E-state index contributed by atoms with van der Waals surface area (Å²) in [7, 11) is 0. The average Bonchev–Trinajstić information content (AvgIpc) is 3.00. The topological polar surface area (TPSA) is 54.9 Å². The third-order valence-electron chi connectivity index (χ3n) is 3.30. The van der Waals surface area contributed by atoms with Crippen LogP contribution < -0.4 is 5.32 Å². The summed E-state index contributed by atoms with van der Waals surface area (Å²) in [6.45, 7) is 8.06. The molecular weight excluding hydrogens is 377 g/mol. The Labute approximate surface area is 160 Å². The Morgan fingerprint density at radius 1 is 1.16 bits per heavy atom. The molecule has 1 amide bonds. The van der Waals surface area contributed by atoms with Crippen LogP contribution in [0.1, 0.15) is 39.3 Å². The standard InChI is InChI=1S/C17H22FN3OS3/c1-10(2)9-23-16-20-21-17(25-16)24-12(4)15(22)19-11(3)13-5-7-14(18)8-6-13/h5-8,10-12H,9H2,1-4H3,(H,19,22)/t11-,12-/m1/s1. The van der Waals surface area contributed by atoms with Crippen LogP contribution in [0.15, 0.2) is 32.9 Å². The van der Waals surface area contributed by atoms with Crippen molar-refractivity contribution in [1.29, 1.82) is 0 Å². The number of benzene rings is 1.